The molecule has 1 aromatic rings. The van der Waals surface area contributed by atoms with Crippen molar-refractivity contribution in [1.29, 1.82) is 0 Å². The number of nitrogens with zero attached hydrogens (tertiary/aromatic N) is 3. The first-order chi connectivity index (χ1) is 8.26. The van der Waals surface area contributed by atoms with Gasteiger partial charge in [0.15, 0.2) is 0 Å². The van der Waals surface area contributed by atoms with Crippen LogP contribution in [0.2, 0.25) is 0 Å². The molecule has 1 aliphatic heterocycles. The smallest absolute Gasteiger partial charge is 0.231 e. The molecule has 6 heteroatoms. The number of hydrogen-bond donors (Lipinski definition) is 1. The van der Waals surface area contributed by atoms with Gasteiger partial charge in [0.2, 0.25) is 17.7 Å². The highest BCUT2D eigenvalue weighted by atomic mass is 16.5. The van der Waals surface area contributed by atoms with Crippen LogP contribution in [0.25, 0.3) is 0 Å². The molecule has 2 rings (SSSR count). The third kappa shape index (κ3) is 2.58. The minimum atomic E-state index is 0.206. The zero-order chi connectivity index (χ0) is 12.3. The van der Waals surface area contributed by atoms with E-state index in [2.05, 4.69) is 9.97 Å². The van der Waals surface area contributed by atoms with Crippen LogP contribution in [0.1, 0.15) is 6.42 Å². The Morgan fingerprint density at radius 2 is 2.00 bits per heavy atom. The first kappa shape index (κ1) is 11.9. The number of hydrogen-bond acceptors (Lipinski definition) is 6. The summed E-state index contributed by atoms with van der Waals surface area (Å²) in [5.41, 5.74) is 0. The summed E-state index contributed by atoms with van der Waals surface area (Å²) in [7, 11) is 3.12. The maximum Gasteiger partial charge on any atom is 0.231 e. The summed E-state index contributed by atoms with van der Waals surface area (Å²) in [5, 5.41) is 9.12. The van der Waals surface area contributed by atoms with Crippen molar-refractivity contribution in [1.82, 2.24) is 9.97 Å². The van der Waals surface area contributed by atoms with E-state index in [0.29, 0.717) is 23.6 Å². The van der Waals surface area contributed by atoms with E-state index in [1.54, 1.807) is 20.3 Å². The van der Waals surface area contributed by atoms with Gasteiger partial charge in [0.1, 0.15) is 0 Å². The molecule has 0 spiro atoms. The van der Waals surface area contributed by atoms with E-state index in [1.807, 2.05) is 4.90 Å². The Labute approximate surface area is 100 Å². The lowest BCUT2D eigenvalue weighted by molar-refractivity contribution is 0.238. The van der Waals surface area contributed by atoms with Gasteiger partial charge in [-0.15, -0.1) is 0 Å². The Hall–Kier alpha value is -1.56. The number of methoxy groups -OCH3 is 2. The van der Waals surface area contributed by atoms with Crippen molar-refractivity contribution in [3.05, 3.63) is 6.07 Å². The van der Waals surface area contributed by atoms with Gasteiger partial charge >= 0.3 is 0 Å². The fraction of sp³-hybridized carbons (Fsp3) is 0.636. The number of rotatable bonds is 4. The van der Waals surface area contributed by atoms with Crippen molar-refractivity contribution in [2.24, 2.45) is 5.92 Å². The Kier molecular flexibility index (Phi) is 3.63. The van der Waals surface area contributed by atoms with Crippen LogP contribution in [0.3, 0.4) is 0 Å². The van der Waals surface area contributed by atoms with Crippen molar-refractivity contribution in [3.63, 3.8) is 0 Å². The molecule has 17 heavy (non-hydrogen) atoms. The van der Waals surface area contributed by atoms with Crippen LogP contribution in [-0.4, -0.2) is 49.0 Å². The summed E-state index contributed by atoms with van der Waals surface area (Å²) in [4.78, 5) is 10.6. The topological polar surface area (TPSA) is 67.7 Å². The van der Waals surface area contributed by atoms with Gasteiger partial charge in [0, 0.05) is 25.6 Å². The SMILES string of the molecule is COc1cc(OC)nc(N2CCC(CO)C2)n1. The Balaban J connectivity index is 2.20. The third-order valence-corrected chi connectivity index (χ3v) is 2.91. The summed E-state index contributed by atoms with van der Waals surface area (Å²) in [5.74, 6) is 1.87. The van der Waals surface area contributed by atoms with Crippen LogP contribution in [0, 0.1) is 5.92 Å². The van der Waals surface area contributed by atoms with Crippen molar-refractivity contribution in [2.75, 3.05) is 38.8 Å². The van der Waals surface area contributed by atoms with Gasteiger partial charge in [-0.3, -0.25) is 0 Å². The first-order valence-corrected chi connectivity index (χ1v) is 5.59. The summed E-state index contributed by atoms with van der Waals surface area (Å²) >= 11 is 0. The van der Waals surface area contributed by atoms with E-state index in [1.165, 1.54) is 0 Å². The lowest BCUT2D eigenvalue weighted by Gasteiger charge is -2.17. The van der Waals surface area contributed by atoms with Gasteiger partial charge < -0.3 is 19.5 Å². The lowest BCUT2D eigenvalue weighted by Crippen LogP contribution is -2.23. The van der Waals surface area contributed by atoms with Gasteiger partial charge in [-0.05, 0) is 6.42 Å². The van der Waals surface area contributed by atoms with Gasteiger partial charge in [-0.25, -0.2) is 0 Å². The fourth-order valence-corrected chi connectivity index (χ4v) is 1.91. The second kappa shape index (κ2) is 5.18. The molecule has 94 valence electrons. The van der Waals surface area contributed by atoms with E-state index in [-0.39, 0.29) is 6.61 Å². The molecule has 0 aliphatic carbocycles. The molecule has 1 unspecified atom stereocenters. The number of anilines is 1. The molecule has 0 bridgehead atoms. The first-order valence-electron chi connectivity index (χ1n) is 5.59. The molecule has 1 aromatic heterocycles. The monoisotopic (exact) mass is 239 g/mol. The minimum Gasteiger partial charge on any atom is -0.481 e. The van der Waals surface area contributed by atoms with Crippen LogP contribution in [-0.2, 0) is 0 Å². The second-order valence-electron chi connectivity index (χ2n) is 4.04. The quantitative estimate of drug-likeness (QED) is 0.815. The van der Waals surface area contributed by atoms with Crippen molar-refractivity contribution in [2.45, 2.75) is 6.42 Å². The predicted molar refractivity (Wildman–Crippen MR) is 62.5 cm³/mol. The molecular weight excluding hydrogens is 222 g/mol. The molecule has 0 amide bonds. The lowest BCUT2D eigenvalue weighted by atomic mass is 10.1. The Bertz CT molecular complexity index is 364. The molecule has 1 fully saturated rings. The van der Waals surface area contributed by atoms with Gasteiger partial charge in [0.25, 0.3) is 0 Å². The Morgan fingerprint density at radius 3 is 2.47 bits per heavy atom. The zero-order valence-corrected chi connectivity index (χ0v) is 10.1. The Morgan fingerprint density at radius 1 is 1.35 bits per heavy atom. The number of aliphatic hydroxyl groups excluding tert-OH is 1. The molecular formula is C11H17N3O3. The largest absolute Gasteiger partial charge is 0.481 e. The number of ether oxygens (including phenoxy) is 2. The molecule has 1 atom stereocenters. The molecule has 2 heterocycles. The van der Waals surface area contributed by atoms with Crippen molar-refractivity contribution in [3.8, 4) is 11.8 Å². The second-order valence-corrected chi connectivity index (χ2v) is 4.04. The van der Waals surface area contributed by atoms with Crippen LogP contribution in [0.4, 0.5) is 5.95 Å². The zero-order valence-electron chi connectivity index (χ0n) is 10.1. The molecule has 0 radical (unpaired) electrons. The number of aliphatic hydroxyl groups is 1. The van der Waals surface area contributed by atoms with Crippen LogP contribution >= 0.6 is 0 Å². The molecule has 0 aromatic carbocycles. The minimum absolute atomic E-state index is 0.206. The fourth-order valence-electron chi connectivity index (χ4n) is 1.91. The van der Waals surface area contributed by atoms with E-state index in [0.717, 1.165) is 19.5 Å². The molecule has 1 saturated heterocycles. The van der Waals surface area contributed by atoms with E-state index in [4.69, 9.17) is 14.6 Å². The summed E-state index contributed by atoms with van der Waals surface area (Å²) < 4.78 is 10.2. The van der Waals surface area contributed by atoms with Crippen LogP contribution in [0.15, 0.2) is 6.07 Å². The number of aromatic nitrogens is 2. The van der Waals surface area contributed by atoms with Crippen LogP contribution in [0.5, 0.6) is 11.8 Å². The van der Waals surface area contributed by atoms with E-state index in [9.17, 15) is 0 Å². The maximum atomic E-state index is 9.12. The molecule has 1 aliphatic rings. The molecule has 6 nitrogen and oxygen atoms in total. The average molecular weight is 239 g/mol. The normalized spacial score (nSPS) is 19.5. The predicted octanol–water partition coefficient (Wildman–Crippen LogP) is 0.312. The molecule has 1 N–H and O–H groups in total. The van der Waals surface area contributed by atoms with Crippen LogP contribution < -0.4 is 14.4 Å². The highest BCUT2D eigenvalue weighted by Gasteiger charge is 2.24. The van der Waals surface area contributed by atoms with E-state index >= 15 is 0 Å². The summed E-state index contributed by atoms with van der Waals surface area (Å²) in [6.07, 6.45) is 0.958. The third-order valence-electron chi connectivity index (χ3n) is 2.91. The average Bonchev–Trinajstić information content (AvgIpc) is 2.86. The van der Waals surface area contributed by atoms with Crippen molar-refractivity contribution < 1.29 is 14.6 Å². The molecule has 0 saturated carbocycles. The summed E-state index contributed by atoms with van der Waals surface area (Å²) in [6, 6.07) is 1.64. The van der Waals surface area contributed by atoms with Gasteiger partial charge in [-0.2, -0.15) is 9.97 Å². The summed E-state index contributed by atoms with van der Waals surface area (Å²) in [6.45, 7) is 1.83. The highest BCUT2D eigenvalue weighted by molar-refractivity contribution is 5.37. The van der Waals surface area contributed by atoms with Gasteiger partial charge in [0.05, 0.1) is 20.3 Å². The van der Waals surface area contributed by atoms with Crippen molar-refractivity contribution >= 4 is 5.95 Å². The van der Waals surface area contributed by atoms with E-state index < -0.39 is 0 Å². The highest BCUT2D eigenvalue weighted by Crippen LogP contribution is 2.24. The standard InChI is InChI=1S/C11H17N3O3/c1-16-9-5-10(17-2)13-11(12-9)14-4-3-8(6-14)7-15/h5,8,15H,3-4,6-7H2,1-2H3. The maximum absolute atomic E-state index is 9.12. The van der Waals surface area contributed by atoms with Gasteiger partial charge in [-0.1, -0.05) is 0 Å².